The number of hydrogen-bond acceptors (Lipinski definition) is 3. The second-order valence-electron chi connectivity index (χ2n) is 3.44. The third kappa shape index (κ3) is 3.48. The van der Waals surface area contributed by atoms with Crippen molar-refractivity contribution in [3.05, 3.63) is 29.8 Å². The lowest BCUT2D eigenvalue weighted by molar-refractivity contribution is -0.141. The number of ether oxygens (including phenoxy) is 1. The van der Waals surface area contributed by atoms with E-state index in [2.05, 4.69) is 5.32 Å². The van der Waals surface area contributed by atoms with E-state index in [0.29, 0.717) is 17.9 Å². The summed E-state index contributed by atoms with van der Waals surface area (Å²) in [4.78, 5) is 22.1. The van der Waals surface area contributed by atoms with Crippen LogP contribution in [-0.2, 0) is 9.59 Å². The SMILES string of the molecule is CCOc1ccccc1C(NC(C)=O)C(=O)O. The molecule has 0 saturated heterocycles. The molecule has 5 nitrogen and oxygen atoms in total. The van der Waals surface area contributed by atoms with Gasteiger partial charge in [0.1, 0.15) is 5.75 Å². The molecule has 1 amide bonds. The molecular weight excluding hydrogens is 222 g/mol. The number of carbonyl (C=O) groups excluding carboxylic acids is 1. The molecule has 1 unspecified atom stereocenters. The molecule has 1 atom stereocenters. The number of para-hydroxylation sites is 1. The van der Waals surface area contributed by atoms with Gasteiger partial charge >= 0.3 is 5.97 Å². The van der Waals surface area contributed by atoms with Gasteiger partial charge in [-0.05, 0) is 13.0 Å². The molecule has 92 valence electrons. The number of rotatable bonds is 5. The third-order valence-corrected chi connectivity index (χ3v) is 2.12. The predicted molar refractivity (Wildman–Crippen MR) is 61.8 cm³/mol. The number of aliphatic carboxylic acids is 1. The van der Waals surface area contributed by atoms with Gasteiger partial charge in [-0.2, -0.15) is 0 Å². The molecule has 0 aromatic heterocycles. The highest BCUT2D eigenvalue weighted by Gasteiger charge is 2.23. The Morgan fingerprint density at radius 2 is 2.06 bits per heavy atom. The molecule has 5 heteroatoms. The fourth-order valence-electron chi connectivity index (χ4n) is 1.48. The van der Waals surface area contributed by atoms with E-state index in [1.807, 2.05) is 6.92 Å². The largest absolute Gasteiger partial charge is 0.493 e. The smallest absolute Gasteiger partial charge is 0.331 e. The van der Waals surface area contributed by atoms with Crippen molar-refractivity contribution in [2.45, 2.75) is 19.9 Å². The van der Waals surface area contributed by atoms with Gasteiger partial charge in [0.15, 0.2) is 6.04 Å². The zero-order valence-electron chi connectivity index (χ0n) is 9.77. The molecule has 0 fully saturated rings. The van der Waals surface area contributed by atoms with E-state index >= 15 is 0 Å². The topological polar surface area (TPSA) is 75.6 Å². The van der Waals surface area contributed by atoms with Crippen LogP contribution in [-0.4, -0.2) is 23.6 Å². The Morgan fingerprint density at radius 1 is 1.41 bits per heavy atom. The fourth-order valence-corrected chi connectivity index (χ4v) is 1.48. The highest BCUT2D eigenvalue weighted by molar-refractivity contribution is 5.83. The van der Waals surface area contributed by atoms with E-state index in [4.69, 9.17) is 9.84 Å². The van der Waals surface area contributed by atoms with Gasteiger partial charge in [0.25, 0.3) is 0 Å². The van der Waals surface area contributed by atoms with Crippen molar-refractivity contribution in [2.24, 2.45) is 0 Å². The molecule has 0 aliphatic rings. The van der Waals surface area contributed by atoms with Gasteiger partial charge in [-0.15, -0.1) is 0 Å². The molecular formula is C12H15NO4. The van der Waals surface area contributed by atoms with Crippen molar-refractivity contribution in [1.82, 2.24) is 5.32 Å². The molecule has 0 aliphatic carbocycles. The van der Waals surface area contributed by atoms with Gasteiger partial charge in [0.2, 0.25) is 5.91 Å². The normalized spacial score (nSPS) is 11.6. The lowest BCUT2D eigenvalue weighted by Gasteiger charge is -2.17. The van der Waals surface area contributed by atoms with Crippen molar-refractivity contribution in [2.75, 3.05) is 6.61 Å². The summed E-state index contributed by atoms with van der Waals surface area (Å²) in [7, 11) is 0. The van der Waals surface area contributed by atoms with E-state index in [0.717, 1.165) is 0 Å². The summed E-state index contributed by atoms with van der Waals surface area (Å²) in [6.07, 6.45) is 0. The predicted octanol–water partition coefficient (Wildman–Crippen LogP) is 1.35. The van der Waals surface area contributed by atoms with Crippen molar-refractivity contribution >= 4 is 11.9 Å². The van der Waals surface area contributed by atoms with Crippen molar-refractivity contribution < 1.29 is 19.4 Å². The number of benzene rings is 1. The average molecular weight is 237 g/mol. The molecule has 1 aromatic carbocycles. The van der Waals surface area contributed by atoms with Crippen LogP contribution in [0.2, 0.25) is 0 Å². The van der Waals surface area contributed by atoms with Crippen LogP contribution >= 0.6 is 0 Å². The van der Waals surface area contributed by atoms with Crippen molar-refractivity contribution in [3.63, 3.8) is 0 Å². The fraction of sp³-hybridized carbons (Fsp3) is 0.333. The maximum atomic E-state index is 11.1. The molecule has 0 spiro atoms. The van der Waals surface area contributed by atoms with Gasteiger partial charge in [-0.3, -0.25) is 4.79 Å². The van der Waals surface area contributed by atoms with Gasteiger partial charge in [0.05, 0.1) is 6.61 Å². The standard InChI is InChI=1S/C12H15NO4/c1-3-17-10-7-5-4-6-9(10)11(12(15)16)13-8(2)14/h4-7,11H,3H2,1-2H3,(H,13,14)(H,15,16). The molecule has 0 radical (unpaired) electrons. The van der Waals surface area contributed by atoms with E-state index in [-0.39, 0.29) is 0 Å². The van der Waals surface area contributed by atoms with Crippen LogP contribution in [0.25, 0.3) is 0 Å². The Morgan fingerprint density at radius 3 is 2.59 bits per heavy atom. The van der Waals surface area contributed by atoms with Crippen LogP contribution < -0.4 is 10.1 Å². The average Bonchev–Trinajstić information content (AvgIpc) is 2.27. The second-order valence-corrected chi connectivity index (χ2v) is 3.44. The minimum Gasteiger partial charge on any atom is -0.493 e. The Balaban J connectivity index is 3.08. The Bertz CT molecular complexity index is 417. The Hall–Kier alpha value is -2.04. The summed E-state index contributed by atoms with van der Waals surface area (Å²) >= 11 is 0. The first-order valence-corrected chi connectivity index (χ1v) is 5.28. The third-order valence-electron chi connectivity index (χ3n) is 2.12. The van der Waals surface area contributed by atoms with Crippen LogP contribution in [0.4, 0.5) is 0 Å². The molecule has 0 saturated carbocycles. The first-order chi connectivity index (χ1) is 8.06. The van der Waals surface area contributed by atoms with E-state index in [1.54, 1.807) is 24.3 Å². The molecule has 0 bridgehead atoms. The maximum Gasteiger partial charge on any atom is 0.331 e. The molecule has 0 aliphatic heterocycles. The van der Waals surface area contributed by atoms with E-state index < -0.39 is 17.9 Å². The van der Waals surface area contributed by atoms with Gasteiger partial charge in [-0.1, -0.05) is 18.2 Å². The zero-order chi connectivity index (χ0) is 12.8. The summed E-state index contributed by atoms with van der Waals surface area (Å²) in [6.45, 7) is 3.52. The quantitative estimate of drug-likeness (QED) is 0.810. The second kappa shape index (κ2) is 5.89. The molecule has 1 aromatic rings. The van der Waals surface area contributed by atoms with Gasteiger partial charge < -0.3 is 15.2 Å². The summed E-state index contributed by atoms with van der Waals surface area (Å²) < 4.78 is 5.34. The summed E-state index contributed by atoms with van der Waals surface area (Å²) in [5, 5.41) is 11.5. The summed E-state index contributed by atoms with van der Waals surface area (Å²) in [6, 6.07) is 5.67. The Labute approximate surface area is 99.4 Å². The molecule has 2 N–H and O–H groups in total. The van der Waals surface area contributed by atoms with Crippen LogP contribution in [0.3, 0.4) is 0 Å². The first kappa shape index (κ1) is 13.0. The minimum atomic E-state index is -1.12. The lowest BCUT2D eigenvalue weighted by Crippen LogP contribution is -2.32. The van der Waals surface area contributed by atoms with Crippen LogP contribution in [0.15, 0.2) is 24.3 Å². The van der Waals surface area contributed by atoms with E-state index in [9.17, 15) is 9.59 Å². The Kier molecular flexibility index (Phi) is 4.51. The molecule has 17 heavy (non-hydrogen) atoms. The van der Waals surface area contributed by atoms with Crippen LogP contribution in [0, 0.1) is 0 Å². The summed E-state index contributed by atoms with van der Waals surface area (Å²) in [5.74, 6) is -1.05. The zero-order valence-corrected chi connectivity index (χ0v) is 9.77. The van der Waals surface area contributed by atoms with Crippen molar-refractivity contribution in [1.29, 1.82) is 0 Å². The number of nitrogens with one attached hydrogen (secondary N) is 1. The first-order valence-electron chi connectivity index (χ1n) is 5.28. The number of carboxylic acid groups (broad SMARTS) is 1. The number of carbonyl (C=O) groups is 2. The number of amides is 1. The highest BCUT2D eigenvalue weighted by Crippen LogP contribution is 2.25. The summed E-state index contributed by atoms with van der Waals surface area (Å²) in [5.41, 5.74) is 0.442. The maximum absolute atomic E-state index is 11.1. The molecule has 1 rings (SSSR count). The minimum absolute atomic E-state index is 0.399. The molecule has 0 heterocycles. The number of hydrogen-bond donors (Lipinski definition) is 2. The van der Waals surface area contributed by atoms with Crippen LogP contribution in [0.5, 0.6) is 5.75 Å². The lowest BCUT2D eigenvalue weighted by atomic mass is 10.1. The van der Waals surface area contributed by atoms with Crippen LogP contribution in [0.1, 0.15) is 25.5 Å². The highest BCUT2D eigenvalue weighted by atomic mass is 16.5. The van der Waals surface area contributed by atoms with Crippen molar-refractivity contribution in [3.8, 4) is 5.75 Å². The van der Waals surface area contributed by atoms with Gasteiger partial charge in [0, 0.05) is 12.5 Å². The number of carboxylic acids is 1. The van der Waals surface area contributed by atoms with E-state index in [1.165, 1.54) is 6.92 Å². The van der Waals surface area contributed by atoms with Gasteiger partial charge in [-0.25, -0.2) is 4.79 Å². The monoisotopic (exact) mass is 237 g/mol.